The average molecular weight is 1050 g/mol. The van der Waals surface area contributed by atoms with Crippen LogP contribution in [0.3, 0.4) is 0 Å². The Morgan fingerprint density at radius 1 is 0.167 bits per heavy atom. The van der Waals surface area contributed by atoms with Gasteiger partial charge in [0.15, 0.2) is 0 Å². The topological polar surface area (TPSA) is 0 Å². The zero-order valence-electron chi connectivity index (χ0n) is 44.2. The highest BCUT2D eigenvalue weighted by Crippen LogP contribution is 2.16. The van der Waals surface area contributed by atoms with Crippen molar-refractivity contribution in [3.05, 3.63) is 0 Å². The van der Waals surface area contributed by atoms with Crippen LogP contribution < -0.4 is 50.9 Å². The number of hydrogen-bond donors (Lipinski definition) is 0. The molecule has 6 heteroatoms. The Morgan fingerprint density at radius 3 is 0.400 bits per heavy atom. The first-order valence-corrected chi connectivity index (χ1v) is 27.3. The molecule has 0 aromatic heterocycles. The van der Waals surface area contributed by atoms with Gasteiger partial charge in [-0.15, -0.1) is 0 Å². The third-order valence-corrected chi connectivity index (χ3v) is 15.0. The maximum absolute atomic E-state index is 2.35. The summed E-state index contributed by atoms with van der Waals surface area (Å²) in [6.45, 7) is 44.0. The van der Waals surface area contributed by atoms with E-state index in [1.54, 1.807) is 0 Å². The summed E-state index contributed by atoms with van der Waals surface area (Å²) in [5, 5.41) is 0. The van der Waals surface area contributed by atoms with E-state index in [1.165, 1.54) is 285 Å². The fraction of sp³-hybridized carbons (Fsp3) is 1.00. The van der Waals surface area contributed by atoms with Gasteiger partial charge in [0.05, 0.1) is 78.5 Å². The van der Waals surface area contributed by atoms with Crippen molar-refractivity contribution in [1.29, 1.82) is 0 Å². The highest BCUT2D eigenvalue weighted by Gasteiger charge is 2.21. The van der Waals surface area contributed by atoms with E-state index < -0.39 is 0 Å². The summed E-state index contributed by atoms with van der Waals surface area (Å²) in [6, 6.07) is 0. The first kappa shape index (κ1) is 72.9. The molecular weight excluding hydrogens is 930 g/mol. The Kier molecular flexibility index (Phi) is 68.6. The van der Waals surface area contributed by atoms with Crippen molar-refractivity contribution >= 4 is 0 Å². The summed E-state index contributed by atoms with van der Waals surface area (Å²) >= 11 is 0. The molecule has 0 saturated carbocycles. The van der Waals surface area contributed by atoms with Crippen LogP contribution in [0.4, 0.5) is 0 Å². The number of hydrogen-bond acceptors (Lipinski definition) is 0. The molecule has 372 valence electrons. The monoisotopic (exact) mass is 1050 g/mol. The van der Waals surface area contributed by atoms with Crippen LogP contribution in [0, 0.1) is 0 Å². The second-order valence-electron chi connectivity index (χ2n) is 18.6. The minimum Gasteiger partial charge on any atom is -1.00 e. The van der Waals surface area contributed by atoms with E-state index in [0.717, 1.165) is 0 Å². The predicted octanol–water partition coefficient (Wildman–Crippen LogP) is 8.36. The van der Waals surface area contributed by atoms with Crippen molar-refractivity contribution in [1.82, 2.24) is 0 Å². The molecule has 0 aliphatic heterocycles. The molecule has 0 spiro atoms. The molecule has 0 radical (unpaired) electrons. The van der Waals surface area contributed by atoms with Crippen LogP contribution in [0.25, 0.3) is 0 Å². The zero-order valence-corrected chi connectivity index (χ0v) is 48.9. The van der Waals surface area contributed by atoms with Gasteiger partial charge in [-0.1, -0.05) is 175 Å². The van der Waals surface area contributed by atoms with Gasteiger partial charge in [0.1, 0.15) is 0 Å². The number of quaternary nitrogens is 3. The summed E-state index contributed by atoms with van der Waals surface area (Å²) in [6.07, 6.45) is 43.5. The molecule has 0 heterocycles. The van der Waals surface area contributed by atoms with Gasteiger partial charge in [0.25, 0.3) is 0 Å². The van der Waals surface area contributed by atoms with Gasteiger partial charge in [-0.25, -0.2) is 0 Å². The van der Waals surface area contributed by atoms with Gasteiger partial charge in [-0.05, 0) is 101 Å². The van der Waals surface area contributed by atoms with Crippen LogP contribution in [-0.2, 0) is 0 Å². The fourth-order valence-corrected chi connectivity index (χ4v) is 9.24. The Balaban J connectivity index is -0.000000178. The molecule has 0 aliphatic rings. The van der Waals surface area contributed by atoms with E-state index in [4.69, 9.17) is 0 Å². The van der Waals surface area contributed by atoms with E-state index >= 15 is 0 Å². The van der Waals surface area contributed by atoms with Crippen molar-refractivity contribution in [2.45, 2.75) is 276 Å². The van der Waals surface area contributed by atoms with Gasteiger partial charge in [0, 0.05) is 0 Å². The van der Waals surface area contributed by atoms with Crippen LogP contribution in [0.1, 0.15) is 276 Å². The first-order chi connectivity index (χ1) is 27.7. The molecule has 0 aromatic carbocycles. The molecular formula is C54H120Br3N3. The zero-order chi connectivity index (χ0) is 43.2. The highest BCUT2D eigenvalue weighted by molar-refractivity contribution is 4.51. The maximum Gasteiger partial charge on any atom is 0.0786 e. The summed E-state index contributed by atoms with van der Waals surface area (Å²) in [5.74, 6) is 0. The molecule has 60 heavy (non-hydrogen) atoms. The Hall–Kier alpha value is 1.32. The summed E-state index contributed by atoms with van der Waals surface area (Å²) in [4.78, 5) is 0. The third-order valence-electron chi connectivity index (χ3n) is 15.0. The van der Waals surface area contributed by atoms with Crippen LogP contribution in [-0.4, -0.2) is 92.0 Å². The predicted molar refractivity (Wildman–Crippen MR) is 266 cm³/mol. The van der Waals surface area contributed by atoms with Crippen molar-refractivity contribution in [3.8, 4) is 0 Å². The van der Waals surface area contributed by atoms with Crippen molar-refractivity contribution in [3.63, 3.8) is 0 Å². The Morgan fingerprint density at radius 2 is 0.283 bits per heavy atom. The third kappa shape index (κ3) is 44.5. The van der Waals surface area contributed by atoms with Gasteiger partial charge >= 0.3 is 0 Å². The summed E-state index contributed by atoms with van der Waals surface area (Å²) < 4.78 is 3.99. The normalized spacial score (nSPS) is 11.4. The highest BCUT2D eigenvalue weighted by atomic mass is 79.9. The van der Waals surface area contributed by atoms with Crippen molar-refractivity contribution in [2.75, 3.05) is 78.5 Å². The van der Waals surface area contributed by atoms with Crippen molar-refractivity contribution < 1.29 is 64.4 Å². The second kappa shape index (κ2) is 56.4. The fourth-order valence-electron chi connectivity index (χ4n) is 9.24. The SMILES string of the molecule is CCCCCCCCCCCC[N+](CC)(CC)CC.CCCCCCCCCCCC[N+](CC)(CC)CC.CCCCCCCCCCCC[N+](CC)(CC)CC.[Br-].[Br-].[Br-]. The minimum atomic E-state index is 0. The summed E-state index contributed by atoms with van der Waals surface area (Å²) in [5.41, 5.74) is 0. The molecule has 0 N–H and O–H groups in total. The van der Waals surface area contributed by atoms with E-state index in [2.05, 4.69) is 83.1 Å². The molecule has 0 aliphatic carbocycles. The number of rotatable bonds is 42. The van der Waals surface area contributed by atoms with Crippen LogP contribution in [0.2, 0.25) is 0 Å². The maximum atomic E-state index is 2.35. The van der Waals surface area contributed by atoms with Crippen LogP contribution in [0.5, 0.6) is 0 Å². The smallest absolute Gasteiger partial charge is 0.0786 e. The second-order valence-corrected chi connectivity index (χ2v) is 18.6. The van der Waals surface area contributed by atoms with Gasteiger partial charge < -0.3 is 64.4 Å². The number of halogens is 3. The Bertz CT molecular complexity index is 605. The molecule has 0 unspecified atom stereocenters. The van der Waals surface area contributed by atoms with Gasteiger partial charge in [-0.2, -0.15) is 0 Å². The van der Waals surface area contributed by atoms with Gasteiger partial charge in [0.2, 0.25) is 0 Å². The minimum absolute atomic E-state index is 0. The largest absolute Gasteiger partial charge is 1.00 e. The first-order valence-electron chi connectivity index (χ1n) is 27.3. The number of nitrogens with zero attached hydrogens (tertiary/aromatic N) is 3. The van der Waals surface area contributed by atoms with Crippen LogP contribution >= 0.6 is 0 Å². The summed E-state index contributed by atoms with van der Waals surface area (Å²) in [7, 11) is 0. The lowest BCUT2D eigenvalue weighted by molar-refractivity contribution is -0.923. The molecule has 0 bridgehead atoms. The lowest BCUT2D eigenvalue weighted by Gasteiger charge is -2.35. The molecule has 0 rings (SSSR count). The lowest BCUT2D eigenvalue weighted by atomic mass is 10.1. The van der Waals surface area contributed by atoms with E-state index in [-0.39, 0.29) is 50.9 Å². The number of unbranched alkanes of at least 4 members (excludes halogenated alkanes) is 27. The average Bonchev–Trinajstić information content (AvgIpc) is 3.25. The molecule has 0 aromatic rings. The molecule has 0 amide bonds. The van der Waals surface area contributed by atoms with E-state index in [1.807, 2.05) is 0 Å². The Labute approximate surface area is 416 Å². The lowest BCUT2D eigenvalue weighted by Crippen LogP contribution is -3.00. The molecule has 3 nitrogen and oxygen atoms in total. The quantitative estimate of drug-likeness (QED) is 0.0427. The van der Waals surface area contributed by atoms with Crippen LogP contribution in [0.15, 0.2) is 0 Å². The standard InChI is InChI=1S/3C18H40N.3BrH/c3*1-5-9-10-11-12-13-14-15-16-17-18-19(6-2,7-3)8-4;;;/h3*5-18H2,1-4H3;3*1H/q3*+1;;;/p-3. The molecule has 0 fully saturated rings. The molecule has 0 atom stereocenters. The van der Waals surface area contributed by atoms with E-state index in [0.29, 0.717) is 0 Å². The molecule has 0 saturated heterocycles. The van der Waals surface area contributed by atoms with Gasteiger partial charge in [-0.3, -0.25) is 0 Å². The van der Waals surface area contributed by atoms with Crippen molar-refractivity contribution in [2.24, 2.45) is 0 Å². The van der Waals surface area contributed by atoms with E-state index in [9.17, 15) is 0 Å².